The molecule has 1 fully saturated rings. The molecule has 0 aromatic heterocycles. The number of fused-ring (bicyclic) bond motifs is 1. The molecular weight excluding hydrogens is 709 g/mol. The van der Waals surface area contributed by atoms with Crippen LogP contribution >= 0.6 is 0 Å². The molecule has 290 valence electrons. The largest absolute Gasteiger partial charge is 0.497 e. The zero-order valence-corrected chi connectivity index (χ0v) is 31.8. The smallest absolute Gasteiger partial charge is 0.407 e. The Kier molecular flexibility index (Phi) is 12.3. The summed E-state index contributed by atoms with van der Waals surface area (Å²) in [6.45, 7) is 1.83. The van der Waals surface area contributed by atoms with Crippen molar-refractivity contribution in [2.24, 2.45) is 5.92 Å². The quantitative estimate of drug-likeness (QED) is 0.0855. The standard InChI is InChI=1S/C46H48N2O8/c1-52-26-12-25-48-40-27-33(19-24-41(40)55-32-43(48)49)30-54-42-29-47(45(50)51)28-35(44(42)34-20-22-39(53-2)23-21-34)31-56-46(36-13-6-3-7-14-36,37-15-8-4-9-16-37)38-17-10-5-11-18-38/h3-11,13-24,27,35,42,44H,12,25-26,28-32H2,1-2H3,(H,50,51)/t35-,42-,44-/m0/s1. The Hall–Kier alpha value is -5.68. The van der Waals surface area contributed by atoms with E-state index >= 15 is 0 Å². The van der Waals surface area contributed by atoms with Crippen molar-refractivity contribution in [1.82, 2.24) is 4.90 Å². The SMILES string of the molecule is COCCCN1C(=O)COc2ccc(CO[C@H]3CN(C(=O)O)C[C@@H](COC(c4ccccc4)(c4ccccc4)c4ccccc4)[C@@H]3c3ccc(OC)cc3)cc21. The first-order chi connectivity index (χ1) is 27.4. The molecule has 5 aromatic rings. The van der Waals surface area contributed by atoms with Crippen molar-refractivity contribution >= 4 is 17.7 Å². The van der Waals surface area contributed by atoms with Gasteiger partial charge < -0.3 is 38.6 Å². The third kappa shape index (κ3) is 8.28. The van der Waals surface area contributed by atoms with E-state index in [9.17, 15) is 14.7 Å². The molecule has 0 unspecified atom stereocenters. The van der Waals surface area contributed by atoms with Gasteiger partial charge >= 0.3 is 6.09 Å². The lowest BCUT2D eigenvalue weighted by atomic mass is 9.77. The van der Waals surface area contributed by atoms with E-state index in [2.05, 4.69) is 36.4 Å². The Balaban J connectivity index is 1.24. The number of ether oxygens (including phenoxy) is 5. The van der Waals surface area contributed by atoms with Crippen LogP contribution in [0.15, 0.2) is 133 Å². The molecular formula is C46H48N2O8. The highest BCUT2D eigenvalue weighted by molar-refractivity contribution is 5.97. The number of benzene rings is 5. The molecule has 0 bridgehead atoms. The number of likely N-dealkylation sites (tertiary alicyclic amines) is 1. The molecule has 2 heterocycles. The van der Waals surface area contributed by atoms with Crippen LogP contribution in [0, 0.1) is 5.92 Å². The minimum atomic E-state index is -1.02. The van der Waals surface area contributed by atoms with Crippen LogP contribution in [0.25, 0.3) is 0 Å². The Labute approximate surface area is 328 Å². The summed E-state index contributed by atoms with van der Waals surface area (Å²) in [7, 11) is 3.28. The van der Waals surface area contributed by atoms with Crippen molar-refractivity contribution in [2.75, 3.05) is 58.6 Å². The summed E-state index contributed by atoms with van der Waals surface area (Å²) in [5.41, 5.74) is 4.41. The number of piperidine rings is 1. The number of anilines is 1. The molecule has 5 aromatic carbocycles. The number of methoxy groups -OCH3 is 2. The first-order valence-electron chi connectivity index (χ1n) is 19.0. The number of hydrogen-bond donors (Lipinski definition) is 1. The average molecular weight is 757 g/mol. The summed E-state index contributed by atoms with van der Waals surface area (Å²) >= 11 is 0. The molecule has 3 atom stereocenters. The van der Waals surface area contributed by atoms with Gasteiger partial charge in [-0.1, -0.05) is 109 Å². The minimum absolute atomic E-state index is 0.0178. The summed E-state index contributed by atoms with van der Waals surface area (Å²) in [6, 6.07) is 44.1. The summed E-state index contributed by atoms with van der Waals surface area (Å²) in [4.78, 5) is 28.9. The highest BCUT2D eigenvalue weighted by Gasteiger charge is 2.44. The van der Waals surface area contributed by atoms with Gasteiger partial charge in [-0.25, -0.2) is 4.79 Å². The van der Waals surface area contributed by atoms with Gasteiger partial charge in [0.1, 0.15) is 17.1 Å². The van der Waals surface area contributed by atoms with Crippen molar-refractivity contribution in [2.45, 2.75) is 30.7 Å². The fourth-order valence-corrected chi connectivity index (χ4v) is 8.04. The van der Waals surface area contributed by atoms with Gasteiger partial charge in [0.15, 0.2) is 6.61 Å². The molecule has 2 aliphatic rings. The number of nitrogens with zero attached hydrogens (tertiary/aromatic N) is 2. The molecule has 0 radical (unpaired) electrons. The van der Waals surface area contributed by atoms with Crippen molar-refractivity contribution in [3.63, 3.8) is 0 Å². The Bertz CT molecular complexity index is 1950. The van der Waals surface area contributed by atoms with Gasteiger partial charge in [-0.2, -0.15) is 0 Å². The van der Waals surface area contributed by atoms with Crippen LogP contribution in [-0.4, -0.2) is 81.8 Å². The molecule has 1 N–H and O–H groups in total. The average Bonchev–Trinajstić information content (AvgIpc) is 3.25. The van der Waals surface area contributed by atoms with Crippen LogP contribution in [0.1, 0.15) is 40.2 Å². The first-order valence-corrected chi connectivity index (χ1v) is 19.0. The molecule has 0 spiro atoms. The number of carbonyl (C=O) groups is 2. The van der Waals surface area contributed by atoms with E-state index in [0.29, 0.717) is 31.0 Å². The van der Waals surface area contributed by atoms with E-state index in [0.717, 1.165) is 33.6 Å². The van der Waals surface area contributed by atoms with Crippen LogP contribution in [-0.2, 0) is 31.2 Å². The van der Waals surface area contributed by atoms with Crippen molar-refractivity contribution < 1.29 is 38.4 Å². The zero-order chi connectivity index (χ0) is 38.9. The van der Waals surface area contributed by atoms with Crippen LogP contribution in [0.2, 0.25) is 0 Å². The molecule has 0 saturated carbocycles. The maximum Gasteiger partial charge on any atom is 0.407 e. The van der Waals surface area contributed by atoms with Gasteiger partial charge in [0, 0.05) is 38.6 Å². The molecule has 2 aliphatic heterocycles. The number of amides is 2. The van der Waals surface area contributed by atoms with Gasteiger partial charge in [0.2, 0.25) is 0 Å². The second-order valence-electron chi connectivity index (χ2n) is 14.2. The second kappa shape index (κ2) is 17.8. The molecule has 56 heavy (non-hydrogen) atoms. The maximum atomic E-state index is 12.9. The molecule has 0 aliphatic carbocycles. The van der Waals surface area contributed by atoms with E-state index in [4.69, 9.17) is 23.7 Å². The summed E-state index contributed by atoms with van der Waals surface area (Å²) < 4.78 is 30.6. The maximum absolute atomic E-state index is 12.9. The predicted octanol–water partition coefficient (Wildman–Crippen LogP) is 7.74. The predicted molar refractivity (Wildman–Crippen MR) is 213 cm³/mol. The third-order valence-corrected chi connectivity index (χ3v) is 10.8. The lowest BCUT2D eigenvalue weighted by Gasteiger charge is -2.45. The Morgan fingerprint density at radius 1 is 0.821 bits per heavy atom. The lowest BCUT2D eigenvalue weighted by Crippen LogP contribution is -2.52. The number of carbonyl (C=O) groups excluding carboxylic acids is 1. The molecule has 10 nitrogen and oxygen atoms in total. The zero-order valence-electron chi connectivity index (χ0n) is 31.8. The molecule has 7 rings (SSSR count). The Morgan fingerprint density at radius 2 is 1.45 bits per heavy atom. The highest BCUT2D eigenvalue weighted by atomic mass is 16.5. The van der Waals surface area contributed by atoms with E-state index < -0.39 is 17.8 Å². The van der Waals surface area contributed by atoms with Gasteiger partial charge in [-0.15, -0.1) is 0 Å². The second-order valence-corrected chi connectivity index (χ2v) is 14.2. The van der Waals surface area contributed by atoms with E-state index in [1.807, 2.05) is 97.1 Å². The van der Waals surface area contributed by atoms with E-state index in [1.54, 1.807) is 19.1 Å². The molecule has 1 saturated heterocycles. The van der Waals surface area contributed by atoms with Crippen LogP contribution in [0.5, 0.6) is 11.5 Å². The highest BCUT2D eigenvalue weighted by Crippen LogP contribution is 2.44. The van der Waals surface area contributed by atoms with Crippen LogP contribution in [0.4, 0.5) is 10.5 Å². The lowest BCUT2D eigenvalue weighted by molar-refractivity contribution is -0.121. The minimum Gasteiger partial charge on any atom is -0.497 e. The molecule has 10 heteroatoms. The van der Waals surface area contributed by atoms with Gasteiger partial charge in [-0.05, 0) is 58.5 Å². The van der Waals surface area contributed by atoms with Gasteiger partial charge in [0.05, 0.1) is 38.7 Å². The van der Waals surface area contributed by atoms with Crippen molar-refractivity contribution in [3.8, 4) is 11.5 Å². The first kappa shape index (κ1) is 38.6. The van der Waals surface area contributed by atoms with Crippen molar-refractivity contribution in [1.29, 1.82) is 0 Å². The van der Waals surface area contributed by atoms with Gasteiger partial charge in [0.25, 0.3) is 5.91 Å². The summed E-state index contributed by atoms with van der Waals surface area (Å²) in [5, 5.41) is 10.5. The topological polar surface area (TPSA) is 107 Å². The van der Waals surface area contributed by atoms with Crippen LogP contribution in [0.3, 0.4) is 0 Å². The number of carboxylic acid groups (broad SMARTS) is 1. The third-order valence-electron chi connectivity index (χ3n) is 10.8. The van der Waals surface area contributed by atoms with Crippen LogP contribution < -0.4 is 14.4 Å². The van der Waals surface area contributed by atoms with Crippen molar-refractivity contribution in [3.05, 3.63) is 161 Å². The normalized spacial score (nSPS) is 18.2. The number of rotatable bonds is 15. The summed E-state index contributed by atoms with van der Waals surface area (Å²) in [5.74, 6) is 0.687. The Morgan fingerprint density at radius 3 is 2.02 bits per heavy atom. The number of hydrogen-bond acceptors (Lipinski definition) is 7. The molecule has 2 amide bonds. The fraction of sp³-hybridized carbons (Fsp3) is 0.304. The summed E-state index contributed by atoms with van der Waals surface area (Å²) in [6.07, 6.45) is -0.871. The van der Waals surface area contributed by atoms with Gasteiger partial charge in [-0.3, -0.25) is 4.79 Å². The fourth-order valence-electron chi connectivity index (χ4n) is 8.04. The van der Waals surface area contributed by atoms with E-state index in [-0.39, 0.29) is 50.7 Å². The van der Waals surface area contributed by atoms with E-state index in [1.165, 1.54) is 4.90 Å². The monoisotopic (exact) mass is 756 g/mol.